The van der Waals surface area contributed by atoms with Crippen molar-refractivity contribution in [2.75, 3.05) is 13.7 Å². The van der Waals surface area contributed by atoms with Crippen molar-refractivity contribution in [1.29, 1.82) is 0 Å². The van der Waals surface area contributed by atoms with Gasteiger partial charge in [-0.05, 0) is 41.1 Å². The summed E-state index contributed by atoms with van der Waals surface area (Å²) >= 11 is 0.927. The molecule has 136 valence electrons. The van der Waals surface area contributed by atoms with Gasteiger partial charge in [-0.25, -0.2) is 0 Å². The Hall–Kier alpha value is -3.17. The van der Waals surface area contributed by atoms with Crippen LogP contribution in [-0.4, -0.2) is 29.8 Å². The Balaban J connectivity index is 1.80. The van der Waals surface area contributed by atoms with E-state index in [1.807, 2.05) is 30.3 Å². The smallest absolute Gasteiger partial charge is 0.293 e. The number of imide groups is 1. The average Bonchev–Trinajstić information content (AvgIpc) is 2.95. The van der Waals surface area contributed by atoms with Gasteiger partial charge in [0.2, 0.25) is 0 Å². The number of hydrogen-bond acceptors (Lipinski definition) is 5. The lowest BCUT2D eigenvalue weighted by Gasteiger charge is -2.12. The van der Waals surface area contributed by atoms with E-state index in [1.54, 1.807) is 24.3 Å². The Bertz CT molecular complexity index is 931. The van der Waals surface area contributed by atoms with Crippen molar-refractivity contribution >= 4 is 29.0 Å². The summed E-state index contributed by atoms with van der Waals surface area (Å²) in [5, 5.41) is -0.281. The van der Waals surface area contributed by atoms with E-state index >= 15 is 0 Å². The van der Waals surface area contributed by atoms with Gasteiger partial charge in [0.25, 0.3) is 11.1 Å². The van der Waals surface area contributed by atoms with Crippen LogP contribution in [0, 0.1) is 12.3 Å². The van der Waals surface area contributed by atoms with Crippen LogP contribution in [0.3, 0.4) is 0 Å². The van der Waals surface area contributed by atoms with Crippen molar-refractivity contribution < 1.29 is 19.1 Å². The normalized spacial score (nSPS) is 15.1. The molecule has 5 nitrogen and oxygen atoms in total. The molecule has 2 aromatic carbocycles. The van der Waals surface area contributed by atoms with Crippen molar-refractivity contribution in [3.63, 3.8) is 0 Å². The van der Waals surface area contributed by atoms with Crippen LogP contribution >= 0.6 is 11.8 Å². The van der Waals surface area contributed by atoms with Gasteiger partial charge in [0.05, 0.1) is 18.6 Å². The number of hydrogen-bond donors (Lipinski definition) is 0. The standard InChI is InChI=1S/C21H17NO4S/c1-3-11-26-17-10-9-16(12-18(17)25-2)13-19-20(23)22(21(24)27-19)14-15-7-5-4-6-8-15/h1,4-10,12-13H,11,14H2,2H3/b19-13-. The number of methoxy groups -OCH3 is 1. The number of amides is 2. The molecule has 0 bridgehead atoms. The van der Waals surface area contributed by atoms with Crippen LogP contribution in [-0.2, 0) is 11.3 Å². The summed E-state index contributed by atoms with van der Waals surface area (Å²) in [5.41, 5.74) is 1.63. The lowest BCUT2D eigenvalue weighted by molar-refractivity contribution is -0.123. The highest BCUT2D eigenvalue weighted by atomic mass is 32.2. The predicted molar refractivity (Wildman–Crippen MR) is 105 cm³/mol. The first-order valence-electron chi connectivity index (χ1n) is 8.16. The molecule has 1 heterocycles. The molecule has 1 aliphatic rings. The monoisotopic (exact) mass is 379 g/mol. The lowest BCUT2D eigenvalue weighted by Crippen LogP contribution is -2.27. The lowest BCUT2D eigenvalue weighted by atomic mass is 10.1. The summed E-state index contributed by atoms with van der Waals surface area (Å²) in [5.74, 6) is 3.11. The Morgan fingerprint density at radius 3 is 2.63 bits per heavy atom. The first-order valence-corrected chi connectivity index (χ1v) is 8.97. The highest BCUT2D eigenvalue weighted by Gasteiger charge is 2.34. The number of carbonyl (C=O) groups is 2. The summed E-state index contributed by atoms with van der Waals surface area (Å²) in [4.78, 5) is 26.5. The third kappa shape index (κ3) is 4.33. The minimum absolute atomic E-state index is 0.133. The Kier molecular flexibility index (Phi) is 5.84. The Morgan fingerprint density at radius 1 is 1.15 bits per heavy atom. The van der Waals surface area contributed by atoms with E-state index in [-0.39, 0.29) is 24.3 Å². The quantitative estimate of drug-likeness (QED) is 0.562. The molecule has 0 aliphatic carbocycles. The fourth-order valence-electron chi connectivity index (χ4n) is 2.57. The number of carbonyl (C=O) groups excluding carboxylic acids is 2. The molecular formula is C21H17NO4S. The second-order valence-corrected chi connectivity index (χ2v) is 6.65. The highest BCUT2D eigenvalue weighted by Crippen LogP contribution is 2.35. The predicted octanol–water partition coefficient (Wildman–Crippen LogP) is 3.94. The van der Waals surface area contributed by atoms with Gasteiger partial charge in [-0.1, -0.05) is 42.3 Å². The van der Waals surface area contributed by atoms with Crippen molar-refractivity contribution in [1.82, 2.24) is 4.90 Å². The second kappa shape index (κ2) is 8.47. The van der Waals surface area contributed by atoms with Crippen LogP contribution < -0.4 is 9.47 Å². The van der Waals surface area contributed by atoms with Crippen molar-refractivity contribution in [2.45, 2.75) is 6.54 Å². The van der Waals surface area contributed by atoms with E-state index in [4.69, 9.17) is 15.9 Å². The molecule has 1 saturated heterocycles. The van der Waals surface area contributed by atoms with Gasteiger partial charge in [0.15, 0.2) is 11.5 Å². The fraction of sp³-hybridized carbons (Fsp3) is 0.143. The van der Waals surface area contributed by atoms with Crippen molar-refractivity contribution in [3.8, 4) is 23.8 Å². The summed E-state index contributed by atoms with van der Waals surface area (Å²) < 4.78 is 10.7. The summed E-state index contributed by atoms with van der Waals surface area (Å²) in [6.07, 6.45) is 6.87. The maximum absolute atomic E-state index is 12.6. The molecule has 1 aliphatic heterocycles. The molecule has 0 N–H and O–H groups in total. The van der Waals surface area contributed by atoms with E-state index < -0.39 is 0 Å². The van der Waals surface area contributed by atoms with Crippen LogP contribution in [0.25, 0.3) is 6.08 Å². The minimum atomic E-state index is -0.305. The second-order valence-electron chi connectivity index (χ2n) is 5.66. The molecule has 1 fully saturated rings. The van der Waals surface area contributed by atoms with Crippen molar-refractivity contribution in [3.05, 3.63) is 64.6 Å². The number of nitrogens with zero attached hydrogens (tertiary/aromatic N) is 1. The molecule has 3 rings (SSSR count). The molecular weight excluding hydrogens is 362 g/mol. The van der Waals surface area contributed by atoms with Gasteiger partial charge < -0.3 is 9.47 Å². The zero-order valence-corrected chi connectivity index (χ0v) is 15.5. The van der Waals surface area contributed by atoms with Gasteiger partial charge in [0.1, 0.15) is 6.61 Å². The number of ether oxygens (including phenoxy) is 2. The molecule has 0 aromatic heterocycles. The molecule has 0 spiro atoms. The SMILES string of the molecule is C#CCOc1ccc(/C=C2\SC(=O)N(Cc3ccccc3)C2=O)cc1OC. The Morgan fingerprint density at radius 2 is 1.93 bits per heavy atom. The van der Waals surface area contributed by atoms with Gasteiger partial charge in [-0.3, -0.25) is 14.5 Å². The van der Waals surface area contributed by atoms with Crippen LogP contribution in [0.4, 0.5) is 4.79 Å². The van der Waals surface area contributed by atoms with Crippen LogP contribution in [0.2, 0.25) is 0 Å². The largest absolute Gasteiger partial charge is 0.493 e. The van der Waals surface area contributed by atoms with Gasteiger partial charge in [-0.15, -0.1) is 6.42 Å². The molecule has 0 saturated carbocycles. The summed E-state index contributed by atoms with van der Waals surface area (Å²) in [7, 11) is 1.52. The van der Waals surface area contributed by atoms with E-state index in [0.29, 0.717) is 16.4 Å². The number of thioether (sulfide) groups is 1. The van der Waals surface area contributed by atoms with Gasteiger partial charge in [0, 0.05) is 0 Å². The molecule has 2 amide bonds. The van der Waals surface area contributed by atoms with Crippen LogP contribution in [0.1, 0.15) is 11.1 Å². The van der Waals surface area contributed by atoms with Gasteiger partial charge >= 0.3 is 0 Å². The Labute approximate surface area is 162 Å². The summed E-state index contributed by atoms with van der Waals surface area (Å²) in [6.45, 7) is 0.388. The molecule has 2 aromatic rings. The fourth-order valence-corrected chi connectivity index (χ4v) is 3.40. The third-order valence-electron chi connectivity index (χ3n) is 3.85. The first-order chi connectivity index (χ1) is 13.1. The topological polar surface area (TPSA) is 55.8 Å². The maximum Gasteiger partial charge on any atom is 0.293 e. The average molecular weight is 379 g/mol. The molecule has 0 unspecified atom stereocenters. The zero-order chi connectivity index (χ0) is 19.2. The molecule has 27 heavy (non-hydrogen) atoms. The van der Waals surface area contributed by atoms with Gasteiger partial charge in [-0.2, -0.15) is 0 Å². The molecule has 0 atom stereocenters. The molecule has 6 heteroatoms. The summed E-state index contributed by atoms with van der Waals surface area (Å²) in [6, 6.07) is 14.6. The molecule has 0 radical (unpaired) electrons. The number of benzene rings is 2. The number of rotatable bonds is 6. The highest BCUT2D eigenvalue weighted by molar-refractivity contribution is 8.18. The zero-order valence-electron chi connectivity index (χ0n) is 14.7. The van der Waals surface area contributed by atoms with Crippen molar-refractivity contribution in [2.24, 2.45) is 0 Å². The number of terminal acetylenes is 1. The van der Waals surface area contributed by atoms with Crippen LogP contribution in [0.5, 0.6) is 11.5 Å². The minimum Gasteiger partial charge on any atom is -0.493 e. The van der Waals surface area contributed by atoms with E-state index in [1.165, 1.54) is 12.0 Å². The third-order valence-corrected chi connectivity index (χ3v) is 4.76. The first kappa shape index (κ1) is 18.6. The maximum atomic E-state index is 12.6. The van der Waals surface area contributed by atoms with E-state index in [0.717, 1.165) is 22.9 Å². The van der Waals surface area contributed by atoms with E-state index in [2.05, 4.69) is 5.92 Å². The van der Waals surface area contributed by atoms with Crippen LogP contribution in [0.15, 0.2) is 53.4 Å². The van der Waals surface area contributed by atoms with E-state index in [9.17, 15) is 9.59 Å².